The summed E-state index contributed by atoms with van der Waals surface area (Å²) < 4.78 is 60.8. The number of hydrogen-bond donors (Lipinski definition) is 0. The number of ether oxygens (including phenoxy) is 1. The molecule has 0 spiro atoms. The quantitative estimate of drug-likeness (QED) is 0.416. The molecule has 2 heterocycles. The third-order valence-corrected chi connectivity index (χ3v) is 4.56. The number of pyridine rings is 2. The van der Waals surface area contributed by atoms with Gasteiger partial charge in [-0.2, -0.15) is 0 Å². The molecule has 7 heteroatoms. The van der Waals surface area contributed by atoms with Crippen LogP contribution in [0, 0.1) is 23.5 Å². The number of rotatable bonds is 7. The monoisotopic (exact) mass is 406 g/mol. The van der Waals surface area contributed by atoms with Crippen molar-refractivity contribution in [3.05, 3.63) is 53.9 Å². The summed E-state index contributed by atoms with van der Waals surface area (Å²) >= 11 is 0. The van der Waals surface area contributed by atoms with Crippen molar-refractivity contribution < 1.29 is 22.3 Å². The minimum absolute atomic E-state index is 0.00392. The Morgan fingerprint density at radius 2 is 1.79 bits per heavy atom. The number of aromatic nitrogens is 2. The van der Waals surface area contributed by atoms with Crippen molar-refractivity contribution in [2.75, 3.05) is 6.61 Å². The smallest absolute Gasteiger partial charge is 0.267 e. The van der Waals surface area contributed by atoms with Crippen molar-refractivity contribution in [2.24, 2.45) is 11.8 Å². The molecule has 0 N–H and O–H groups in total. The molecule has 0 fully saturated rings. The molecular formula is C22H22F4N2O. The summed E-state index contributed by atoms with van der Waals surface area (Å²) in [5.41, 5.74) is 0.164. The highest BCUT2D eigenvalue weighted by atomic mass is 19.3. The Morgan fingerprint density at radius 3 is 2.48 bits per heavy atom. The Morgan fingerprint density at radius 1 is 1.03 bits per heavy atom. The first kappa shape index (κ1) is 21.0. The largest absolute Gasteiger partial charge is 0.491 e. The fraction of sp³-hybridized carbons (Fsp3) is 0.364. The lowest BCUT2D eigenvalue weighted by atomic mass is 10.00. The van der Waals surface area contributed by atoms with Crippen LogP contribution in [0.2, 0.25) is 0 Å². The highest BCUT2D eigenvalue weighted by Gasteiger charge is 2.20. The van der Waals surface area contributed by atoms with E-state index in [-0.39, 0.29) is 39.4 Å². The van der Waals surface area contributed by atoms with Crippen molar-refractivity contribution in [2.45, 2.75) is 33.6 Å². The lowest BCUT2D eigenvalue weighted by Gasteiger charge is -2.17. The number of fused-ring (bicyclic) bond motifs is 1. The summed E-state index contributed by atoms with van der Waals surface area (Å²) in [6, 6.07) is 4.47. The van der Waals surface area contributed by atoms with Crippen LogP contribution in [0.5, 0.6) is 5.75 Å². The van der Waals surface area contributed by atoms with Gasteiger partial charge in [0.05, 0.1) is 29.6 Å². The first-order valence-corrected chi connectivity index (χ1v) is 9.41. The maximum absolute atomic E-state index is 14.4. The molecule has 3 aromatic rings. The maximum atomic E-state index is 14.4. The average Bonchev–Trinajstić information content (AvgIpc) is 2.64. The van der Waals surface area contributed by atoms with Gasteiger partial charge in [-0.25, -0.2) is 17.6 Å². The highest BCUT2D eigenvalue weighted by Crippen LogP contribution is 2.35. The van der Waals surface area contributed by atoms with Crippen LogP contribution in [0.1, 0.15) is 39.2 Å². The van der Waals surface area contributed by atoms with Crippen molar-refractivity contribution in [3.63, 3.8) is 0 Å². The zero-order valence-electron chi connectivity index (χ0n) is 16.4. The van der Waals surface area contributed by atoms with Gasteiger partial charge in [0.2, 0.25) is 0 Å². The SMILES string of the molecule is CC(C)CC(C)COc1cnc(-c2ccnc3cc(F)cc(F)c23)cc1C(F)F. The molecule has 0 amide bonds. The number of nitrogens with zero attached hydrogens (tertiary/aromatic N) is 2. The van der Waals surface area contributed by atoms with Gasteiger partial charge in [0, 0.05) is 29.3 Å². The molecule has 0 bridgehead atoms. The minimum Gasteiger partial charge on any atom is -0.491 e. The maximum Gasteiger partial charge on any atom is 0.267 e. The van der Waals surface area contributed by atoms with Gasteiger partial charge in [-0.1, -0.05) is 20.8 Å². The Bertz CT molecular complexity index is 1010. The molecule has 0 aliphatic rings. The highest BCUT2D eigenvalue weighted by molar-refractivity contribution is 5.94. The molecule has 0 aliphatic heterocycles. The van der Waals surface area contributed by atoms with E-state index >= 15 is 0 Å². The van der Waals surface area contributed by atoms with Crippen molar-refractivity contribution in [3.8, 4) is 17.0 Å². The molecule has 1 aromatic carbocycles. The molecule has 0 radical (unpaired) electrons. The van der Waals surface area contributed by atoms with E-state index < -0.39 is 18.1 Å². The summed E-state index contributed by atoms with van der Waals surface area (Å²) in [7, 11) is 0. The number of halogens is 4. The summed E-state index contributed by atoms with van der Waals surface area (Å²) in [6.45, 7) is 6.46. The molecule has 2 aromatic heterocycles. The van der Waals surface area contributed by atoms with E-state index in [0.717, 1.165) is 18.6 Å². The molecule has 0 aliphatic carbocycles. The fourth-order valence-corrected chi connectivity index (χ4v) is 3.42. The van der Waals surface area contributed by atoms with Gasteiger partial charge < -0.3 is 4.74 Å². The van der Waals surface area contributed by atoms with Crippen molar-refractivity contribution in [1.82, 2.24) is 9.97 Å². The third-order valence-electron chi connectivity index (χ3n) is 4.56. The molecule has 154 valence electrons. The molecule has 1 unspecified atom stereocenters. The minimum atomic E-state index is -2.79. The first-order valence-electron chi connectivity index (χ1n) is 9.41. The van der Waals surface area contributed by atoms with Gasteiger partial charge in [-0.3, -0.25) is 9.97 Å². The zero-order valence-corrected chi connectivity index (χ0v) is 16.4. The van der Waals surface area contributed by atoms with Crippen LogP contribution in [0.3, 0.4) is 0 Å². The number of benzene rings is 1. The van der Waals surface area contributed by atoms with Gasteiger partial charge in [0.1, 0.15) is 17.4 Å². The molecule has 0 saturated heterocycles. The van der Waals surface area contributed by atoms with E-state index in [9.17, 15) is 17.6 Å². The summed E-state index contributed by atoms with van der Waals surface area (Å²) in [4.78, 5) is 8.15. The van der Waals surface area contributed by atoms with Crippen LogP contribution < -0.4 is 4.74 Å². The van der Waals surface area contributed by atoms with E-state index in [1.165, 1.54) is 24.5 Å². The van der Waals surface area contributed by atoms with E-state index in [1.807, 2.05) is 6.92 Å². The van der Waals surface area contributed by atoms with E-state index in [4.69, 9.17) is 4.74 Å². The topological polar surface area (TPSA) is 35.0 Å². The molecule has 1 atom stereocenters. The molecule has 3 nitrogen and oxygen atoms in total. The summed E-state index contributed by atoms with van der Waals surface area (Å²) in [6.07, 6.45) is 0.710. The Labute approximate surface area is 166 Å². The molecular weight excluding hydrogens is 384 g/mol. The summed E-state index contributed by atoms with van der Waals surface area (Å²) in [5.74, 6) is -0.910. The third kappa shape index (κ3) is 4.83. The first-order chi connectivity index (χ1) is 13.8. The van der Waals surface area contributed by atoms with Gasteiger partial charge in [0.25, 0.3) is 6.43 Å². The zero-order chi connectivity index (χ0) is 21.1. The normalized spacial score (nSPS) is 12.7. The lowest BCUT2D eigenvalue weighted by molar-refractivity contribution is 0.142. The Balaban J connectivity index is 1.98. The average molecular weight is 406 g/mol. The fourth-order valence-electron chi connectivity index (χ4n) is 3.42. The molecule has 3 rings (SSSR count). The second-order valence-corrected chi connectivity index (χ2v) is 7.59. The second-order valence-electron chi connectivity index (χ2n) is 7.59. The van der Waals surface area contributed by atoms with E-state index in [2.05, 4.69) is 23.8 Å². The standard InChI is InChI=1S/C22H22F4N2O/c1-12(2)6-13(3)11-29-20-10-28-18(9-16(20)22(25)26)15-4-5-27-19-8-14(23)7-17(24)21(15)19/h4-5,7-10,12-13,22H,6,11H2,1-3H3. The van der Waals surface area contributed by atoms with Gasteiger partial charge >= 0.3 is 0 Å². The predicted octanol–water partition coefficient (Wildman–Crippen LogP) is 6.57. The van der Waals surface area contributed by atoms with Crippen LogP contribution in [-0.4, -0.2) is 16.6 Å². The van der Waals surface area contributed by atoms with Crippen LogP contribution >= 0.6 is 0 Å². The van der Waals surface area contributed by atoms with Crippen LogP contribution in [-0.2, 0) is 0 Å². The van der Waals surface area contributed by atoms with E-state index in [1.54, 1.807) is 0 Å². The van der Waals surface area contributed by atoms with Crippen LogP contribution in [0.4, 0.5) is 17.6 Å². The van der Waals surface area contributed by atoms with Gasteiger partial charge in [-0.05, 0) is 30.4 Å². The van der Waals surface area contributed by atoms with Crippen molar-refractivity contribution >= 4 is 10.9 Å². The molecule has 0 saturated carbocycles. The van der Waals surface area contributed by atoms with E-state index in [0.29, 0.717) is 12.5 Å². The van der Waals surface area contributed by atoms with Gasteiger partial charge in [-0.15, -0.1) is 0 Å². The lowest BCUT2D eigenvalue weighted by Crippen LogP contribution is -2.12. The van der Waals surface area contributed by atoms with Crippen LogP contribution in [0.15, 0.2) is 36.7 Å². The Hall–Kier alpha value is -2.70. The number of alkyl halides is 2. The van der Waals surface area contributed by atoms with Gasteiger partial charge in [0.15, 0.2) is 0 Å². The van der Waals surface area contributed by atoms with Crippen molar-refractivity contribution in [1.29, 1.82) is 0 Å². The Kier molecular flexibility index (Phi) is 6.35. The molecule has 29 heavy (non-hydrogen) atoms. The van der Waals surface area contributed by atoms with Crippen LogP contribution in [0.25, 0.3) is 22.2 Å². The summed E-state index contributed by atoms with van der Waals surface area (Å²) in [5, 5.41) is 0.0286. The second kappa shape index (κ2) is 8.76. The number of hydrogen-bond acceptors (Lipinski definition) is 3. The predicted molar refractivity (Wildman–Crippen MR) is 104 cm³/mol.